The molecule has 0 bridgehead atoms. The maximum Gasteiger partial charge on any atom is 0.114 e. The summed E-state index contributed by atoms with van der Waals surface area (Å²) in [4.78, 5) is 0. The zero-order chi connectivity index (χ0) is 12.6. The van der Waals surface area contributed by atoms with Crippen molar-refractivity contribution in [3.05, 3.63) is 0 Å². The van der Waals surface area contributed by atoms with Crippen LogP contribution in [0.2, 0.25) is 0 Å². The van der Waals surface area contributed by atoms with E-state index in [0.717, 1.165) is 0 Å². The molecule has 0 aromatic heterocycles. The van der Waals surface area contributed by atoms with E-state index in [2.05, 4.69) is 0 Å². The molecule has 86 valence electrons. The molecule has 4 atom stereocenters. The zero-order valence-corrected chi connectivity index (χ0v) is 7.74. The molecule has 0 aliphatic carbocycles. The normalized spacial score (nSPS) is 22.0. The third-order valence-corrected chi connectivity index (χ3v) is 1.87. The molecule has 6 nitrogen and oxygen atoms in total. The molecule has 4 N–H and O–H groups in total. The molecule has 0 unspecified atom stereocenters. The molecule has 0 fully saturated rings. The Morgan fingerprint density at radius 1 is 1.14 bits per heavy atom. The average molecular weight is 212 g/mol. The predicted octanol–water partition coefficient (Wildman–Crippen LogP) is -2.28. The van der Waals surface area contributed by atoms with Gasteiger partial charge in [-0.2, -0.15) is 0 Å². The molecule has 0 aliphatic heterocycles. The van der Waals surface area contributed by atoms with Crippen LogP contribution in [0, 0.1) is 0 Å². The molecular formula is C8H18O6. The van der Waals surface area contributed by atoms with Crippen LogP contribution in [0.25, 0.3) is 0 Å². The molecule has 0 saturated heterocycles. The summed E-state index contributed by atoms with van der Waals surface area (Å²) in [7, 11) is -0.983. The Kier molecular flexibility index (Phi) is 5.22. The van der Waals surface area contributed by atoms with Crippen LogP contribution in [-0.2, 0) is 9.47 Å². The third-order valence-electron chi connectivity index (χ3n) is 1.87. The molecule has 0 aliphatic rings. The molecule has 0 amide bonds. The molecule has 0 spiro atoms. The molecule has 0 heterocycles. The van der Waals surface area contributed by atoms with Crippen LogP contribution >= 0.6 is 0 Å². The van der Waals surface area contributed by atoms with Crippen LogP contribution in [0.15, 0.2) is 0 Å². The Labute approximate surface area is 85.5 Å². The topological polar surface area (TPSA) is 99.4 Å². The van der Waals surface area contributed by atoms with E-state index in [1.165, 1.54) is 0 Å². The van der Waals surface area contributed by atoms with Crippen molar-refractivity contribution in [3.8, 4) is 0 Å². The zero-order valence-electron chi connectivity index (χ0n) is 9.74. The molecule has 0 saturated carbocycles. The fraction of sp³-hybridized carbons (Fsp3) is 1.00. The minimum Gasteiger partial charge on any atom is -0.394 e. The van der Waals surface area contributed by atoms with Gasteiger partial charge < -0.3 is 29.9 Å². The summed E-state index contributed by atoms with van der Waals surface area (Å²) >= 11 is 0. The molecule has 0 aromatic rings. The van der Waals surface area contributed by atoms with Crippen molar-refractivity contribution in [2.45, 2.75) is 24.4 Å². The highest BCUT2D eigenvalue weighted by atomic mass is 16.5. The minimum atomic E-state index is -1.43. The van der Waals surface area contributed by atoms with Crippen molar-refractivity contribution in [2.24, 2.45) is 0 Å². The first-order chi connectivity index (χ1) is 7.62. The summed E-state index contributed by atoms with van der Waals surface area (Å²) in [6.07, 6.45) is -5.16. The standard InChI is InChI=1S/C8H18O6/c1-13-6(4-10)7(12)8(14-2)5(11)3-9/h5-12H,3-4H2,1-2H3/t5-,6+,7+,8+/m0/s1/i1D,2D. The summed E-state index contributed by atoms with van der Waals surface area (Å²) in [5.41, 5.74) is 0. The van der Waals surface area contributed by atoms with Gasteiger partial charge in [-0.25, -0.2) is 0 Å². The second-order valence-electron chi connectivity index (χ2n) is 2.76. The summed E-state index contributed by atoms with van der Waals surface area (Å²) in [6, 6.07) is 0. The highest BCUT2D eigenvalue weighted by molar-refractivity contribution is 4.82. The van der Waals surface area contributed by atoms with Gasteiger partial charge in [-0.3, -0.25) is 0 Å². The largest absolute Gasteiger partial charge is 0.394 e. The molecule has 0 aromatic carbocycles. The SMILES string of the molecule is [2H]CO[C@@H]([C@H](O)[C@@H](CO)OC[2H])[C@@H](O)CO. The highest BCUT2D eigenvalue weighted by Crippen LogP contribution is 2.10. The van der Waals surface area contributed by atoms with E-state index < -0.39 is 51.8 Å². The molecule has 6 heteroatoms. The van der Waals surface area contributed by atoms with Gasteiger partial charge >= 0.3 is 0 Å². The van der Waals surface area contributed by atoms with Crippen molar-refractivity contribution in [2.75, 3.05) is 27.4 Å². The Hall–Kier alpha value is -0.240. The van der Waals surface area contributed by atoms with Crippen molar-refractivity contribution in [3.63, 3.8) is 0 Å². The van der Waals surface area contributed by atoms with Crippen LogP contribution in [-0.4, -0.2) is 72.2 Å². The van der Waals surface area contributed by atoms with Crippen LogP contribution in [0.4, 0.5) is 0 Å². The first-order valence-corrected chi connectivity index (χ1v) is 4.01. The number of hydrogen-bond donors (Lipinski definition) is 4. The van der Waals surface area contributed by atoms with Gasteiger partial charge in [-0.15, -0.1) is 0 Å². The third kappa shape index (κ3) is 3.49. The van der Waals surface area contributed by atoms with Gasteiger partial charge in [0.15, 0.2) is 0 Å². The summed E-state index contributed by atoms with van der Waals surface area (Å²) in [5, 5.41) is 36.6. The second kappa shape index (κ2) is 7.10. The fourth-order valence-corrected chi connectivity index (χ4v) is 1.01. The van der Waals surface area contributed by atoms with E-state index >= 15 is 0 Å². The Morgan fingerprint density at radius 2 is 1.79 bits per heavy atom. The van der Waals surface area contributed by atoms with Crippen molar-refractivity contribution >= 4 is 0 Å². The number of methoxy groups -OCH3 is 2. The number of aliphatic hydroxyl groups excluding tert-OH is 4. The lowest BCUT2D eigenvalue weighted by Crippen LogP contribution is -2.48. The average Bonchev–Trinajstić information content (AvgIpc) is 2.31. The summed E-state index contributed by atoms with van der Waals surface area (Å²) in [6.45, 7) is -1.21. The van der Waals surface area contributed by atoms with E-state index in [9.17, 15) is 10.2 Å². The van der Waals surface area contributed by atoms with Gasteiger partial charge in [-0.05, 0) is 0 Å². The van der Waals surface area contributed by atoms with Gasteiger partial charge in [0.05, 0.1) is 16.0 Å². The fourth-order valence-electron chi connectivity index (χ4n) is 1.01. The van der Waals surface area contributed by atoms with Crippen molar-refractivity contribution in [1.29, 1.82) is 0 Å². The maximum atomic E-state index is 9.68. The van der Waals surface area contributed by atoms with Gasteiger partial charge in [0.2, 0.25) is 0 Å². The Balaban J connectivity index is 4.49. The van der Waals surface area contributed by atoms with Crippen LogP contribution < -0.4 is 0 Å². The van der Waals surface area contributed by atoms with Crippen molar-refractivity contribution < 1.29 is 32.6 Å². The van der Waals surface area contributed by atoms with Crippen molar-refractivity contribution in [1.82, 2.24) is 0 Å². The quantitative estimate of drug-likeness (QED) is 0.379. The van der Waals surface area contributed by atoms with E-state index in [1.54, 1.807) is 0 Å². The maximum absolute atomic E-state index is 9.68. The first-order valence-electron chi connectivity index (χ1n) is 5.43. The minimum absolute atomic E-state index is 0.467. The van der Waals surface area contributed by atoms with E-state index in [-0.39, 0.29) is 0 Å². The number of hydrogen-bond acceptors (Lipinski definition) is 6. The van der Waals surface area contributed by atoms with Gasteiger partial charge in [0.1, 0.15) is 24.4 Å². The van der Waals surface area contributed by atoms with Gasteiger partial charge in [-0.1, -0.05) is 0 Å². The van der Waals surface area contributed by atoms with E-state index in [1.807, 2.05) is 0 Å². The lowest BCUT2D eigenvalue weighted by atomic mass is 10.0. The number of ether oxygens (including phenoxy) is 2. The molecule has 0 rings (SSSR count). The lowest BCUT2D eigenvalue weighted by Gasteiger charge is -2.29. The Morgan fingerprint density at radius 3 is 2.21 bits per heavy atom. The second-order valence-corrected chi connectivity index (χ2v) is 2.76. The van der Waals surface area contributed by atoms with E-state index in [4.69, 9.17) is 22.4 Å². The lowest BCUT2D eigenvalue weighted by molar-refractivity contribution is -0.144. The summed E-state index contributed by atoms with van der Waals surface area (Å²) in [5.74, 6) is 0. The molecule has 0 radical (unpaired) electrons. The van der Waals surface area contributed by atoms with Crippen LogP contribution in [0.5, 0.6) is 0 Å². The molecule has 14 heavy (non-hydrogen) atoms. The highest BCUT2D eigenvalue weighted by Gasteiger charge is 2.32. The Bertz CT molecular complexity index is 173. The first kappa shape index (κ1) is 10.3. The smallest absolute Gasteiger partial charge is 0.114 e. The summed E-state index contributed by atoms with van der Waals surface area (Å²) < 4.78 is 23.1. The monoisotopic (exact) mass is 212 g/mol. The number of aliphatic hydroxyl groups is 4. The van der Waals surface area contributed by atoms with Gasteiger partial charge in [0, 0.05) is 14.2 Å². The van der Waals surface area contributed by atoms with E-state index in [0.29, 0.717) is 0 Å². The van der Waals surface area contributed by atoms with Crippen LogP contribution in [0.3, 0.4) is 0 Å². The number of rotatable bonds is 7. The van der Waals surface area contributed by atoms with Crippen LogP contribution in [0.1, 0.15) is 2.74 Å². The van der Waals surface area contributed by atoms with Gasteiger partial charge in [0.25, 0.3) is 0 Å². The molecular weight excluding hydrogens is 192 g/mol. The predicted molar refractivity (Wildman–Crippen MR) is 47.8 cm³/mol.